The molecule has 0 bridgehead atoms. The van der Waals surface area contributed by atoms with Crippen molar-refractivity contribution >= 4 is 27.3 Å². The Labute approximate surface area is 175 Å². The van der Waals surface area contributed by atoms with Crippen molar-refractivity contribution in [2.45, 2.75) is 30.7 Å². The highest BCUT2D eigenvalue weighted by Gasteiger charge is 2.34. The number of nitrogens with zero attached hydrogens (tertiary/aromatic N) is 2. The fourth-order valence-electron chi connectivity index (χ4n) is 3.36. The molecular formula is C22H21N3O4S. The molecule has 0 saturated carbocycles. The number of benzene rings is 2. The smallest absolute Gasteiger partial charge is 0.261 e. The highest BCUT2D eigenvalue weighted by Crippen LogP contribution is 2.34. The van der Waals surface area contributed by atoms with E-state index in [4.69, 9.17) is 4.42 Å². The van der Waals surface area contributed by atoms with Crippen LogP contribution in [0.5, 0.6) is 0 Å². The predicted octanol–water partition coefficient (Wildman–Crippen LogP) is 4.17. The minimum atomic E-state index is -3.70. The molecule has 2 aromatic carbocycles. The quantitative estimate of drug-likeness (QED) is 0.644. The molecule has 154 valence electrons. The molecule has 0 aliphatic carbocycles. The molecule has 1 aromatic heterocycles. The van der Waals surface area contributed by atoms with Gasteiger partial charge in [0.2, 0.25) is 5.91 Å². The maximum Gasteiger partial charge on any atom is 0.261 e. The van der Waals surface area contributed by atoms with Crippen LogP contribution in [-0.2, 0) is 14.8 Å². The van der Waals surface area contributed by atoms with Gasteiger partial charge in [-0.15, -0.1) is 0 Å². The topological polar surface area (TPSA) is 92.0 Å². The summed E-state index contributed by atoms with van der Waals surface area (Å²) in [5, 5.41) is 5.98. The maximum absolute atomic E-state index is 12.6. The van der Waals surface area contributed by atoms with Crippen molar-refractivity contribution < 1.29 is 17.6 Å². The lowest BCUT2D eigenvalue weighted by molar-refractivity contribution is -0.133. The molecule has 0 unspecified atom stereocenters. The zero-order valence-corrected chi connectivity index (χ0v) is 17.2. The third-order valence-electron chi connectivity index (χ3n) is 4.84. The van der Waals surface area contributed by atoms with Gasteiger partial charge in [0.05, 0.1) is 16.9 Å². The Morgan fingerprint density at radius 2 is 1.93 bits per heavy atom. The molecule has 1 atom stereocenters. The van der Waals surface area contributed by atoms with E-state index in [1.807, 2.05) is 12.1 Å². The lowest BCUT2D eigenvalue weighted by atomic mass is 10.0. The van der Waals surface area contributed by atoms with E-state index in [-0.39, 0.29) is 16.8 Å². The molecule has 3 aromatic rings. The fraction of sp³-hybridized carbons (Fsp3) is 0.182. The van der Waals surface area contributed by atoms with Crippen LogP contribution in [0.1, 0.15) is 37.1 Å². The SMILES string of the molecule is CCC(=O)N1N=C(c2cccc(NS(=O)(=O)c3ccccc3)c2)C[C@@H]1c1ccco1. The van der Waals surface area contributed by atoms with Crippen molar-refractivity contribution in [3.05, 3.63) is 84.3 Å². The van der Waals surface area contributed by atoms with Gasteiger partial charge in [0.1, 0.15) is 11.8 Å². The molecule has 0 radical (unpaired) electrons. The zero-order chi connectivity index (χ0) is 21.1. The van der Waals surface area contributed by atoms with Crippen molar-refractivity contribution in [3.8, 4) is 0 Å². The lowest BCUT2D eigenvalue weighted by Gasteiger charge is -2.18. The zero-order valence-electron chi connectivity index (χ0n) is 16.4. The minimum Gasteiger partial charge on any atom is -0.467 e. The number of nitrogens with one attached hydrogen (secondary N) is 1. The van der Waals surface area contributed by atoms with Gasteiger partial charge in [0.15, 0.2) is 0 Å². The third kappa shape index (κ3) is 3.99. The van der Waals surface area contributed by atoms with Crippen molar-refractivity contribution in [1.82, 2.24) is 5.01 Å². The summed E-state index contributed by atoms with van der Waals surface area (Å²) >= 11 is 0. The second-order valence-corrected chi connectivity index (χ2v) is 8.56. The summed E-state index contributed by atoms with van der Waals surface area (Å²) in [6.07, 6.45) is 2.37. The van der Waals surface area contributed by atoms with Crippen molar-refractivity contribution in [1.29, 1.82) is 0 Å². The molecule has 4 rings (SSSR count). The second kappa shape index (κ2) is 8.16. The molecule has 0 fully saturated rings. The number of carbonyl (C=O) groups is 1. The summed E-state index contributed by atoms with van der Waals surface area (Å²) in [6.45, 7) is 1.79. The number of rotatable bonds is 6. The number of carbonyl (C=O) groups excluding carboxylic acids is 1. The van der Waals surface area contributed by atoms with Crippen molar-refractivity contribution in [3.63, 3.8) is 0 Å². The molecule has 0 saturated heterocycles. The van der Waals surface area contributed by atoms with E-state index in [1.54, 1.807) is 55.7 Å². The normalized spacial score (nSPS) is 16.4. The highest BCUT2D eigenvalue weighted by molar-refractivity contribution is 7.92. The van der Waals surface area contributed by atoms with Crippen molar-refractivity contribution in [2.75, 3.05) is 4.72 Å². The number of hydrazone groups is 1. The first-order chi connectivity index (χ1) is 14.5. The first kappa shape index (κ1) is 19.9. The number of hydrogen-bond acceptors (Lipinski definition) is 5. The standard InChI is InChI=1S/C22H21N3O4S/c1-2-22(26)25-20(21-12-7-13-29-21)15-19(23-25)16-8-6-9-17(14-16)24-30(27,28)18-10-4-3-5-11-18/h3-14,20,24H,2,15H2,1H3/t20-/m1/s1. The second-order valence-electron chi connectivity index (χ2n) is 6.87. The summed E-state index contributed by atoms with van der Waals surface area (Å²) < 4.78 is 33.3. The Balaban J connectivity index is 1.61. The third-order valence-corrected chi connectivity index (χ3v) is 6.24. The van der Waals surface area contributed by atoms with Crippen LogP contribution in [0.2, 0.25) is 0 Å². The van der Waals surface area contributed by atoms with Gasteiger partial charge in [-0.25, -0.2) is 13.4 Å². The van der Waals surface area contributed by atoms with E-state index in [2.05, 4.69) is 9.82 Å². The lowest BCUT2D eigenvalue weighted by Crippen LogP contribution is -2.25. The number of hydrogen-bond donors (Lipinski definition) is 1. The van der Waals surface area contributed by atoms with Gasteiger partial charge in [-0.05, 0) is 42.0 Å². The van der Waals surface area contributed by atoms with Crippen LogP contribution in [0, 0.1) is 0 Å². The van der Waals surface area contributed by atoms with E-state index in [1.165, 1.54) is 17.1 Å². The summed E-state index contributed by atoms with van der Waals surface area (Å²) in [5.74, 6) is 0.559. The van der Waals surface area contributed by atoms with E-state index >= 15 is 0 Å². The van der Waals surface area contributed by atoms with Gasteiger partial charge in [-0.1, -0.05) is 37.3 Å². The van der Waals surface area contributed by atoms with E-state index < -0.39 is 10.0 Å². The number of amides is 1. The monoisotopic (exact) mass is 423 g/mol. The molecule has 0 spiro atoms. The van der Waals surface area contributed by atoms with E-state index in [9.17, 15) is 13.2 Å². The van der Waals surface area contributed by atoms with Crippen LogP contribution in [-0.4, -0.2) is 25.0 Å². The molecule has 1 aliphatic heterocycles. The van der Waals surface area contributed by atoms with E-state index in [0.29, 0.717) is 30.0 Å². The molecule has 2 heterocycles. The largest absolute Gasteiger partial charge is 0.467 e. The minimum absolute atomic E-state index is 0.104. The Morgan fingerprint density at radius 3 is 2.63 bits per heavy atom. The van der Waals surface area contributed by atoms with Gasteiger partial charge in [-0.3, -0.25) is 9.52 Å². The predicted molar refractivity (Wildman–Crippen MR) is 113 cm³/mol. The van der Waals surface area contributed by atoms with Crippen LogP contribution < -0.4 is 4.72 Å². The molecule has 1 N–H and O–H groups in total. The van der Waals surface area contributed by atoms with Gasteiger partial charge in [0.25, 0.3) is 10.0 Å². The fourth-order valence-corrected chi connectivity index (χ4v) is 4.43. The molecule has 1 amide bonds. The van der Waals surface area contributed by atoms with Crippen LogP contribution in [0.4, 0.5) is 5.69 Å². The number of sulfonamides is 1. The first-order valence-electron chi connectivity index (χ1n) is 9.59. The summed E-state index contributed by atoms with van der Waals surface area (Å²) in [5.41, 5.74) is 1.86. The maximum atomic E-state index is 12.6. The number of furan rings is 1. The summed E-state index contributed by atoms with van der Waals surface area (Å²) in [6, 6.07) is 18.5. The molecular weight excluding hydrogens is 402 g/mol. The molecule has 8 heteroatoms. The van der Waals surface area contributed by atoms with Gasteiger partial charge >= 0.3 is 0 Å². The van der Waals surface area contributed by atoms with Crippen LogP contribution in [0.25, 0.3) is 0 Å². The molecule has 1 aliphatic rings. The average Bonchev–Trinajstić information content (AvgIpc) is 3.43. The molecule has 7 nitrogen and oxygen atoms in total. The van der Waals surface area contributed by atoms with Crippen molar-refractivity contribution in [2.24, 2.45) is 5.10 Å². The average molecular weight is 423 g/mol. The van der Waals surface area contributed by atoms with Crippen LogP contribution in [0.3, 0.4) is 0 Å². The molecule has 30 heavy (non-hydrogen) atoms. The Bertz CT molecular complexity index is 1170. The summed E-state index contributed by atoms with van der Waals surface area (Å²) in [7, 11) is -3.70. The van der Waals surface area contributed by atoms with Gasteiger partial charge in [0, 0.05) is 18.5 Å². The van der Waals surface area contributed by atoms with Gasteiger partial charge in [-0.2, -0.15) is 5.10 Å². The summed E-state index contributed by atoms with van der Waals surface area (Å²) in [4.78, 5) is 12.6. The van der Waals surface area contributed by atoms with Gasteiger partial charge < -0.3 is 4.42 Å². The van der Waals surface area contributed by atoms with E-state index in [0.717, 1.165) is 5.56 Å². The Hall–Kier alpha value is -3.39. The first-order valence-corrected chi connectivity index (χ1v) is 11.1. The van der Waals surface area contributed by atoms with Crippen LogP contribution >= 0.6 is 0 Å². The number of anilines is 1. The Kier molecular flexibility index (Phi) is 5.41. The highest BCUT2D eigenvalue weighted by atomic mass is 32.2. The van der Waals surface area contributed by atoms with Crippen LogP contribution in [0.15, 0.2) is 87.4 Å². The Morgan fingerprint density at radius 1 is 1.13 bits per heavy atom.